The minimum Gasteiger partial charge on any atom is -0.480 e. The smallest absolute Gasteiger partial charge is 0.326 e. The highest BCUT2D eigenvalue weighted by molar-refractivity contribution is 5.96. The minimum absolute atomic E-state index is 0.105. The highest BCUT2D eigenvalue weighted by Crippen LogP contribution is 2.09. The molecule has 2 atom stereocenters. The van der Waals surface area contributed by atoms with E-state index in [0.29, 0.717) is 5.56 Å². The Hall–Kier alpha value is -2.90. The Kier molecular flexibility index (Phi) is 8.11. The third-order valence-corrected chi connectivity index (χ3v) is 3.36. The topological polar surface area (TPSA) is 122 Å². The quantitative estimate of drug-likeness (QED) is 0.560. The van der Waals surface area contributed by atoms with Gasteiger partial charge in [0.1, 0.15) is 6.04 Å². The first-order chi connectivity index (χ1) is 11.8. The molecule has 8 heteroatoms. The van der Waals surface area contributed by atoms with Crippen molar-refractivity contribution in [3.8, 4) is 0 Å². The van der Waals surface area contributed by atoms with Crippen LogP contribution in [0, 0.1) is 5.92 Å². The van der Waals surface area contributed by atoms with Gasteiger partial charge in [-0.15, -0.1) is 0 Å². The predicted molar refractivity (Wildman–Crippen MR) is 88.8 cm³/mol. The molecular weight excluding hydrogens is 328 g/mol. The summed E-state index contributed by atoms with van der Waals surface area (Å²) in [7, 11) is 0. The maximum absolute atomic E-state index is 11.9. The van der Waals surface area contributed by atoms with Crippen LogP contribution in [0.1, 0.15) is 30.6 Å². The summed E-state index contributed by atoms with van der Waals surface area (Å²) in [4.78, 5) is 46.5. The molecule has 0 fully saturated rings. The highest BCUT2D eigenvalue weighted by Gasteiger charge is 2.26. The summed E-state index contributed by atoms with van der Waals surface area (Å²) in [6.45, 7) is 3.00. The predicted octanol–water partition coefficient (Wildman–Crippen LogP) is 0.575. The van der Waals surface area contributed by atoms with Gasteiger partial charge >= 0.3 is 11.9 Å². The van der Waals surface area contributed by atoms with Gasteiger partial charge in [0.05, 0.1) is 19.1 Å². The van der Waals surface area contributed by atoms with Crippen molar-refractivity contribution in [1.29, 1.82) is 0 Å². The van der Waals surface area contributed by atoms with Gasteiger partial charge < -0.3 is 20.5 Å². The molecule has 1 aromatic carbocycles. The Balaban J connectivity index is 2.52. The van der Waals surface area contributed by atoms with Gasteiger partial charge in [-0.05, 0) is 25.5 Å². The highest BCUT2D eigenvalue weighted by atomic mass is 16.5. The van der Waals surface area contributed by atoms with Crippen LogP contribution in [0.25, 0.3) is 0 Å². The van der Waals surface area contributed by atoms with E-state index in [4.69, 9.17) is 4.74 Å². The number of carboxylic acids is 1. The Bertz CT molecular complexity index is 617. The van der Waals surface area contributed by atoms with Crippen LogP contribution in [0.2, 0.25) is 0 Å². The van der Waals surface area contributed by atoms with E-state index in [1.807, 2.05) is 0 Å². The summed E-state index contributed by atoms with van der Waals surface area (Å²) in [6.07, 6.45) is -0.105. The van der Waals surface area contributed by atoms with E-state index in [-0.39, 0.29) is 19.6 Å². The number of esters is 1. The van der Waals surface area contributed by atoms with Crippen LogP contribution in [0.3, 0.4) is 0 Å². The van der Waals surface area contributed by atoms with E-state index in [0.717, 1.165) is 0 Å². The standard InChI is InChI=1S/C17H22N2O6/c1-3-25-17(24)11(2)9-13(16(22)23)19-14(20)10-18-15(21)12-7-5-4-6-8-12/h4-8,11,13H,3,9-10H2,1-2H3,(H,18,21)(H,19,20)(H,22,23)/t11-,13-/m0/s1. The Morgan fingerprint density at radius 3 is 2.36 bits per heavy atom. The second kappa shape index (κ2) is 10.1. The van der Waals surface area contributed by atoms with Crippen LogP contribution in [0.4, 0.5) is 0 Å². The molecule has 0 bridgehead atoms. The van der Waals surface area contributed by atoms with E-state index < -0.39 is 35.7 Å². The maximum Gasteiger partial charge on any atom is 0.326 e. The molecule has 0 heterocycles. The molecule has 0 aliphatic heterocycles. The molecule has 0 aromatic heterocycles. The van der Waals surface area contributed by atoms with Crippen molar-refractivity contribution in [1.82, 2.24) is 10.6 Å². The maximum atomic E-state index is 11.9. The number of aliphatic carboxylic acids is 1. The first-order valence-electron chi connectivity index (χ1n) is 7.87. The van der Waals surface area contributed by atoms with Crippen molar-refractivity contribution in [2.45, 2.75) is 26.3 Å². The molecule has 1 aromatic rings. The number of ether oxygens (including phenoxy) is 1. The Morgan fingerprint density at radius 1 is 1.16 bits per heavy atom. The van der Waals surface area contributed by atoms with Crippen LogP contribution >= 0.6 is 0 Å². The zero-order chi connectivity index (χ0) is 18.8. The summed E-state index contributed by atoms with van der Waals surface area (Å²) in [6, 6.07) is 7.06. The summed E-state index contributed by atoms with van der Waals surface area (Å²) < 4.78 is 4.82. The Labute approximate surface area is 145 Å². The zero-order valence-corrected chi connectivity index (χ0v) is 14.2. The number of benzene rings is 1. The molecule has 0 saturated carbocycles. The van der Waals surface area contributed by atoms with Gasteiger partial charge in [-0.3, -0.25) is 14.4 Å². The summed E-state index contributed by atoms with van der Waals surface area (Å²) >= 11 is 0. The largest absolute Gasteiger partial charge is 0.480 e. The first kappa shape index (κ1) is 20.1. The molecule has 136 valence electrons. The van der Waals surface area contributed by atoms with E-state index in [2.05, 4.69) is 10.6 Å². The number of hydrogen-bond donors (Lipinski definition) is 3. The van der Waals surface area contributed by atoms with Gasteiger partial charge in [-0.25, -0.2) is 4.79 Å². The number of amides is 2. The van der Waals surface area contributed by atoms with E-state index in [1.54, 1.807) is 37.3 Å². The lowest BCUT2D eigenvalue weighted by atomic mass is 10.0. The molecule has 0 spiro atoms. The summed E-state index contributed by atoms with van der Waals surface area (Å²) in [5, 5.41) is 13.9. The Morgan fingerprint density at radius 2 is 1.80 bits per heavy atom. The number of carbonyl (C=O) groups excluding carboxylic acids is 3. The lowest BCUT2D eigenvalue weighted by Gasteiger charge is -2.18. The molecule has 0 aliphatic rings. The van der Waals surface area contributed by atoms with E-state index >= 15 is 0 Å². The number of carbonyl (C=O) groups is 4. The lowest BCUT2D eigenvalue weighted by Crippen LogP contribution is -2.46. The molecular formula is C17H22N2O6. The molecule has 0 unspecified atom stereocenters. The average Bonchev–Trinajstić information content (AvgIpc) is 2.59. The minimum atomic E-state index is -1.26. The molecule has 0 aliphatic carbocycles. The van der Waals surface area contributed by atoms with Crippen LogP contribution in [-0.4, -0.2) is 48.1 Å². The van der Waals surface area contributed by atoms with Gasteiger partial charge in [0, 0.05) is 5.56 Å². The van der Waals surface area contributed by atoms with Crippen molar-refractivity contribution in [2.75, 3.05) is 13.2 Å². The van der Waals surface area contributed by atoms with E-state index in [1.165, 1.54) is 6.92 Å². The molecule has 0 radical (unpaired) electrons. The fourth-order valence-corrected chi connectivity index (χ4v) is 2.05. The molecule has 2 amide bonds. The molecule has 1 rings (SSSR count). The number of rotatable bonds is 9. The average molecular weight is 350 g/mol. The third-order valence-electron chi connectivity index (χ3n) is 3.36. The van der Waals surface area contributed by atoms with Crippen LogP contribution in [0.15, 0.2) is 30.3 Å². The van der Waals surface area contributed by atoms with Crippen molar-refractivity contribution in [3.05, 3.63) is 35.9 Å². The van der Waals surface area contributed by atoms with Gasteiger partial charge in [0.25, 0.3) is 5.91 Å². The molecule has 0 saturated heterocycles. The monoisotopic (exact) mass is 350 g/mol. The fourth-order valence-electron chi connectivity index (χ4n) is 2.05. The lowest BCUT2D eigenvalue weighted by molar-refractivity contribution is -0.149. The van der Waals surface area contributed by atoms with Crippen LogP contribution in [-0.2, 0) is 19.1 Å². The normalized spacial score (nSPS) is 12.6. The molecule has 8 nitrogen and oxygen atoms in total. The fraction of sp³-hybridized carbons (Fsp3) is 0.412. The van der Waals surface area contributed by atoms with Crippen molar-refractivity contribution < 1.29 is 29.0 Å². The van der Waals surface area contributed by atoms with E-state index in [9.17, 15) is 24.3 Å². The number of nitrogens with one attached hydrogen (secondary N) is 2. The van der Waals surface area contributed by atoms with Crippen molar-refractivity contribution in [2.24, 2.45) is 5.92 Å². The second-order valence-corrected chi connectivity index (χ2v) is 5.40. The SMILES string of the molecule is CCOC(=O)[C@@H](C)C[C@H](NC(=O)CNC(=O)c1ccccc1)C(=O)O. The van der Waals surface area contributed by atoms with Gasteiger partial charge in [-0.1, -0.05) is 25.1 Å². The third kappa shape index (κ3) is 7.03. The molecule has 3 N–H and O–H groups in total. The van der Waals surface area contributed by atoms with Crippen LogP contribution in [0.5, 0.6) is 0 Å². The summed E-state index contributed by atoms with van der Waals surface area (Å²) in [5.41, 5.74) is 0.390. The van der Waals surface area contributed by atoms with Gasteiger partial charge in [-0.2, -0.15) is 0 Å². The number of carboxylic acid groups (broad SMARTS) is 1. The number of hydrogen-bond acceptors (Lipinski definition) is 5. The van der Waals surface area contributed by atoms with Crippen molar-refractivity contribution in [3.63, 3.8) is 0 Å². The van der Waals surface area contributed by atoms with Crippen molar-refractivity contribution >= 4 is 23.8 Å². The molecule has 25 heavy (non-hydrogen) atoms. The van der Waals surface area contributed by atoms with Gasteiger partial charge in [0.2, 0.25) is 5.91 Å². The second-order valence-electron chi connectivity index (χ2n) is 5.40. The summed E-state index contributed by atoms with van der Waals surface area (Å²) in [5.74, 6) is -3.57. The zero-order valence-electron chi connectivity index (χ0n) is 14.2. The van der Waals surface area contributed by atoms with Crippen LogP contribution < -0.4 is 10.6 Å². The first-order valence-corrected chi connectivity index (χ1v) is 7.87. The van der Waals surface area contributed by atoms with Gasteiger partial charge in [0.15, 0.2) is 0 Å².